The van der Waals surface area contributed by atoms with E-state index in [2.05, 4.69) is 34.7 Å². The van der Waals surface area contributed by atoms with Crippen LogP contribution in [-0.4, -0.2) is 51.7 Å². The van der Waals surface area contributed by atoms with Gasteiger partial charge in [-0.1, -0.05) is 57.5 Å². The SMILES string of the molecule is C[Si](C)(C)CCOCn1ncnc1-c1cncc(-c2cccc(N(C(=O)O)C3CCCCCC3)c2)c1. The summed E-state index contributed by atoms with van der Waals surface area (Å²) in [6.07, 6.45) is 10.5. The number of hydrogen-bond donors (Lipinski definition) is 1. The Labute approximate surface area is 214 Å². The second-order valence-corrected chi connectivity index (χ2v) is 16.4. The lowest BCUT2D eigenvalue weighted by atomic mass is 10.0. The molecule has 0 spiro atoms. The summed E-state index contributed by atoms with van der Waals surface area (Å²) in [5.74, 6) is 0.694. The summed E-state index contributed by atoms with van der Waals surface area (Å²) in [6, 6.07) is 10.9. The Hall–Kier alpha value is -3.04. The highest BCUT2D eigenvalue weighted by molar-refractivity contribution is 6.76. The largest absolute Gasteiger partial charge is 0.465 e. The molecule has 0 radical (unpaired) electrons. The number of amides is 1. The topological polar surface area (TPSA) is 93.4 Å². The Morgan fingerprint density at radius 1 is 1.08 bits per heavy atom. The molecule has 1 aliphatic carbocycles. The van der Waals surface area contributed by atoms with Crippen molar-refractivity contribution in [3.63, 3.8) is 0 Å². The summed E-state index contributed by atoms with van der Waals surface area (Å²) >= 11 is 0. The van der Waals surface area contributed by atoms with E-state index in [1.54, 1.807) is 22.0 Å². The quantitative estimate of drug-likeness (QED) is 0.201. The van der Waals surface area contributed by atoms with Gasteiger partial charge in [-0.15, -0.1) is 0 Å². The minimum absolute atomic E-state index is 0.0178. The molecule has 192 valence electrons. The molecule has 0 atom stereocenters. The highest BCUT2D eigenvalue weighted by Crippen LogP contribution is 2.31. The fraction of sp³-hybridized carbons (Fsp3) is 0.481. The Morgan fingerprint density at radius 2 is 1.83 bits per heavy atom. The van der Waals surface area contributed by atoms with Crippen molar-refractivity contribution in [2.24, 2.45) is 0 Å². The number of pyridine rings is 1. The number of ether oxygens (including phenoxy) is 1. The highest BCUT2D eigenvalue weighted by atomic mass is 28.3. The molecule has 36 heavy (non-hydrogen) atoms. The van der Waals surface area contributed by atoms with Crippen LogP contribution in [0.1, 0.15) is 38.5 Å². The molecule has 4 rings (SSSR count). The number of carboxylic acid groups (broad SMARTS) is 1. The van der Waals surface area contributed by atoms with Gasteiger partial charge < -0.3 is 9.84 Å². The molecule has 1 amide bonds. The number of anilines is 1. The lowest BCUT2D eigenvalue weighted by Gasteiger charge is -2.29. The van der Waals surface area contributed by atoms with E-state index < -0.39 is 14.2 Å². The van der Waals surface area contributed by atoms with Crippen LogP contribution in [0.5, 0.6) is 0 Å². The third-order valence-electron chi connectivity index (χ3n) is 6.68. The van der Waals surface area contributed by atoms with Gasteiger partial charge in [-0.2, -0.15) is 5.10 Å². The molecule has 0 saturated heterocycles. The van der Waals surface area contributed by atoms with E-state index in [1.165, 1.54) is 19.2 Å². The van der Waals surface area contributed by atoms with Crippen molar-refractivity contribution in [1.29, 1.82) is 0 Å². The van der Waals surface area contributed by atoms with Crippen molar-refractivity contribution in [1.82, 2.24) is 19.7 Å². The lowest BCUT2D eigenvalue weighted by Crippen LogP contribution is -2.39. The summed E-state index contributed by atoms with van der Waals surface area (Å²) in [6.45, 7) is 8.04. The molecule has 2 aromatic heterocycles. The van der Waals surface area contributed by atoms with E-state index in [0.717, 1.165) is 48.4 Å². The van der Waals surface area contributed by atoms with E-state index in [-0.39, 0.29) is 6.04 Å². The van der Waals surface area contributed by atoms with Gasteiger partial charge in [0.1, 0.15) is 13.1 Å². The van der Waals surface area contributed by atoms with Gasteiger partial charge >= 0.3 is 6.09 Å². The molecule has 1 aromatic carbocycles. The minimum Gasteiger partial charge on any atom is -0.465 e. The van der Waals surface area contributed by atoms with Crippen LogP contribution in [0.2, 0.25) is 25.7 Å². The molecule has 8 nitrogen and oxygen atoms in total. The zero-order valence-corrected chi connectivity index (χ0v) is 22.6. The number of rotatable bonds is 9. The van der Waals surface area contributed by atoms with Crippen LogP contribution in [0.15, 0.2) is 49.1 Å². The summed E-state index contributed by atoms with van der Waals surface area (Å²) in [5.41, 5.74) is 3.35. The molecule has 3 aromatic rings. The van der Waals surface area contributed by atoms with Crippen molar-refractivity contribution in [2.75, 3.05) is 11.5 Å². The average molecular weight is 508 g/mol. The van der Waals surface area contributed by atoms with Gasteiger partial charge in [0, 0.05) is 49.9 Å². The molecule has 2 heterocycles. The van der Waals surface area contributed by atoms with Gasteiger partial charge in [0.15, 0.2) is 5.82 Å². The molecule has 9 heteroatoms. The van der Waals surface area contributed by atoms with Gasteiger partial charge in [0.05, 0.1) is 0 Å². The van der Waals surface area contributed by atoms with Crippen LogP contribution in [-0.2, 0) is 11.5 Å². The monoisotopic (exact) mass is 507 g/mol. The van der Waals surface area contributed by atoms with Crippen molar-refractivity contribution < 1.29 is 14.6 Å². The first kappa shape index (κ1) is 26.0. The van der Waals surface area contributed by atoms with Crippen molar-refractivity contribution in [3.8, 4) is 22.5 Å². The summed E-state index contributed by atoms with van der Waals surface area (Å²) in [5, 5.41) is 14.4. The Kier molecular flexibility index (Phi) is 8.53. The van der Waals surface area contributed by atoms with Crippen LogP contribution in [0.25, 0.3) is 22.5 Å². The molecular weight excluding hydrogens is 470 g/mol. The van der Waals surface area contributed by atoms with Gasteiger partial charge in [0.2, 0.25) is 0 Å². The summed E-state index contributed by atoms with van der Waals surface area (Å²) < 4.78 is 7.63. The normalized spacial score (nSPS) is 15.0. The maximum atomic E-state index is 12.3. The number of benzene rings is 1. The van der Waals surface area contributed by atoms with Gasteiger partial charge in [0.25, 0.3) is 0 Å². The van der Waals surface area contributed by atoms with Gasteiger partial charge in [-0.05, 0) is 42.6 Å². The molecule has 0 bridgehead atoms. The fourth-order valence-corrected chi connectivity index (χ4v) is 5.42. The first-order valence-electron chi connectivity index (χ1n) is 12.9. The summed E-state index contributed by atoms with van der Waals surface area (Å²) in [4.78, 5) is 22.7. The molecule has 1 fully saturated rings. The molecule has 0 aliphatic heterocycles. The lowest BCUT2D eigenvalue weighted by molar-refractivity contribution is 0.0796. The standard InChI is InChI=1S/C27H37N5O3Si/c1-36(2,3)14-13-35-20-31-26(29-19-30-31)23-15-22(17-28-18-23)21-9-8-12-25(16-21)32(27(33)34)24-10-6-4-5-7-11-24/h8-9,12,15-19,24H,4-7,10-11,13-14,20H2,1-3H3,(H,33,34). The van der Waals surface area contributed by atoms with Crippen molar-refractivity contribution >= 4 is 19.9 Å². The molecule has 1 aliphatic rings. The zero-order valence-electron chi connectivity index (χ0n) is 21.6. The Balaban J connectivity index is 1.54. The van der Waals surface area contributed by atoms with Crippen LogP contribution in [0.4, 0.5) is 10.5 Å². The van der Waals surface area contributed by atoms with E-state index >= 15 is 0 Å². The predicted molar refractivity (Wildman–Crippen MR) is 145 cm³/mol. The van der Waals surface area contributed by atoms with E-state index in [1.807, 2.05) is 30.3 Å². The molecular formula is C27H37N5O3Si. The first-order valence-corrected chi connectivity index (χ1v) is 16.6. The molecule has 1 N–H and O–H groups in total. The second kappa shape index (κ2) is 11.8. The number of carbonyl (C=O) groups is 1. The van der Waals surface area contributed by atoms with E-state index in [9.17, 15) is 9.90 Å². The van der Waals surface area contributed by atoms with Crippen LogP contribution >= 0.6 is 0 Å². The Morgan fingerprint density at radius 3 is 2.56 bits per heavy atom. The average Bonchev–Trinajstić information content (AvgIpc) is 3.16. The number of nitrogens with zero attached hydrogens (tertiary/aromatic N) is 5. The van der Waals surface area contributed by atoms with Crippen LogP contribution < -0.4 is 4.90 Å². The van der Waals surface area contributed by atoms with Gasteiger partial charge in [-0.25, -0.2) is 14.5 Å². The number of hydrogen-bond acceptors (Lipinski definition) is 5. The van der Waals surface area contributed by atoms with Crippen LogP contribution in [0, 0.1) is 0 Å². The Bertz CT molecular complexity index is 1150. The van der Waals surface area contributed by atoms with Crippen molar-refractivity contribution in [2.45, 2.75) is 77.0 Å². The highest BCUT2D eigenvalue weighted by Gasteiger charge is 2.26. The fourth-order valence-electron chi connectivity index (χ4n) is 4.66. The molecule has 1 saturated carbocycles. The smallest absolute Gasteiger partial charge is 0.412 e. The maximum Gasteiger partial charge on any atom is 0.412 e. The predicted octanol–water partition coefficient (Wildman–Crippen LogP) is 6.53. The van der Waals surface area contributed by atoms with E-state index in [0.29, 0.717) is 24.8 Å². The van der Waals surface area contributed by atoms with Crippen LogP contribution in [0.3, 0.4) is 0 Å². The zero-order chi connectivity index (χ0) is 25.5. The summed E-state index contributed by atoms with van der Waals surface area (Å²) in [7, 11) is -1.16. The third kappa shape index (κ3) is 6.79. The first-order chi connectivity index (χ1) is 17.3. The van der Waals surface area contributed by atoms with Crippen molar-refractivity contribution in [3.05, 3.63) is 49.1 Å². The second-order valence-electron chi connectivity index (χ2n) is 10.7. The molecule has 0 unspecified atom stereocenters. The minimum atomic E-state index is -1.16. The maximum absolute atomic E-state index is 12.3. The third-order valence-corrected chi connectivity index (χ3v) is 8.38. The van der Waals surface area contributed by atoms with Gasteiger partial charge in [-0.3, -0.25) is 9.88 Å². The number of aromatic nitrogens is 4. The van der Waals surface area contributed by atoms with E-state index in [4.69, 9.17) is 4.74 Å².